The molecule has 1 aromatic carbocycles. The Kier molecular flexibility index (Phi) is 12.3. The van der Waals surface area contributed by atoms with Gasteiger partial charge in [-0.05, 0) is 68.1 Å². The van der Waals surface area contributed by atoms with Crippen LogP contribution in [0.2, 0.25) is 0 Å². The molecule has 0 saturated heterocycles. The minimum absolute atomic E-state index is 0.392. The van der Waals surface area contributed by atoms with E-state index in [0.717, 1.165) is 29.7 Å². The smallest absolute Gasteiger partial charge is 0.118 e. The molecule has 0 aliphatic heterocycles. The Morgan fingerprint density at radius 1 is 0.893 bits per heavy atom. The van der Waals surface area contributed by atoms with E-state index in [1.807, 2.05) is 13.0 Å². The summed E-state index contributed by atoms with van der Waals surface area (Å²) in [5, 5.41) is 9.62. The summed E-state index contributed by atoms with van der Waals surface area (Å²) in [6, 6.07) is 5.92. The van der Waals surface area contributed by atoms with Crippen LogP contribution >= 0.6 is 0 Å². The van der Waals surface area contributed by atoms with Gasteiger partial charge in [-0.15, -0.1) is 0 Å². The van der Waals surface area contributed by atoms with Gasteiger partial charge in [0, 0.05) is 0 Å². The first-order valence-corrected chi connectivity index (χ1v) is 11.7. The number of hydrogen-bond acceptors (Lipinski definition) is 1. The molecule has 0 spiro atoms. The highest BCUT2D eigenvalue weighted by Gasteiger charge is 2.07. The lowest BCUT2D eigenvalue weighted by atomic mass is 9.91. The first kappa shape index (κ1) is 24.8. The maximum Gasteiger partial charge on any atom is 0.118 e. The minimum Gasteiger partial charge on any atom is -0.508 e. The van der Waals surface area contributed by atoms with Crippen LogP contribution in [0.1, 0.15) is 104 Å². The van der Waals surface area contributed by atoms with Crippen molar-refractivity contribution in [3.8, 4) is 5.75 Å². The molecule has 28 heavy (non-hydrogen) atoms. The van der Waals surface area contributed by atoms with E-state index >= 15 is 0 Å². The molecule has 0 radical (unpaired) electrons. The van der Waals surface area contributed by atoms with Gasteiger partial charge in [0.05, 0.1) is 0 Å². The molecular formula is C27H46O. The molecule has 1 N–H and O–H groups in total. The van der Waals surface area contributed by atoms with Crippen molar-refractivity contribution >= 4 is 0 Å². The van der Waals surface area contributed by atoms with Crippen molar-refractivity contribution in [2.24, 2.45) is 17.8 Å². The number of phenolic OH excluding ortho intramolecular Hbond substituents is 1. The molecule has 1 nitrogen and oxygen atoms in total. The summed E-state index contributed by atoms with van der Waals surface area (Å²) in [4.78, 5) is 0. The summed E-state index contributed by atoms with van der Waals surface area (Å²) in [6.07, 6.45) is 15.6. The lowest BCUT2D eigenvalue weighted by Gasteiger charge is -2.15. The molecule has 0 aliphatic rings. The zero-order chi connectivity index (χ0) is 20.9. The summed E-state index contributed by atoms with van der Waals surface area (Å²) in [5.74, 6) is 3.01. The van der Waals surface area contributed by atoms with Gasteiger partial charge >= 0.3 is 0 Å². The van der Waals surface area contributed by atoms with Crippen molar-refractivity contribution in [2.45, 2.75) is 106 Å². The highest BCUT2D eigenvalue weighted by Crippen LogP contribution is 2.22. The van der Waals surface area contributed by atoms with Gasteiger partial charge in [-0.1, -0.05) is 96.4 Å². The summed E-state index contributed by atoms with van der Waals surface area (Å²) in [5.41, 5.74) is 3.74. The van der Waals surface area contributed by atoms with Crippen LogP contribution in [0.3, 0.4) is 0 Å². The average Bonchev–Trinajstić information content (AvgIpc) is 2.62. The highest BCUT2D eigenvalue weighted by molar-refractivity contribution is 5.35. The average molecular weight is 387 g/mol. The van der Waals surface area contributed by atoms with Gasteiger partial charge in [0.15, 0.2) is 0 Å². The highest BCUT2D eigenvalue weighted by atomic mass is 16.3. The predicted molar refractivity (Wildman–Crippen MR) is 125 cm³/mol. The van der Waals surface area contributed by atoms with E-state index < -0.39 is 0 Å². The first-order chi connectivity index (χ1) is 13.3. The predicted octanol–water partition coefficient (Wildman–Crippen LogP) is 8.63. The molecule has 1 aromatic rings. The number of rotatable bonds is 14. The number of aromatic hydroxyl groups is 1. The Hall–Kier alpha value is -1.24. The van der Waals surface area contributed by atoms with Crippen molar-refractivity contribution in [1.82, 2.24) is 0 Å². The summed E-state index contributed by atoms with van der Waals surface area (Å²) >= 11 is 0. The monoisotopic (exact) mass is 386 g/mol. The third-order valence-electron chi connectivity index (χ3n) is 6.09. The van der Waals surface area contributed by atoms with Crippen molar-refractivity contribution < 1.29 is 5.11 Å². The summed E-state index contributed by atoms with van der Waals surface area (Å²) in [6.45, 7) is 13.8. The third-order valence-corrected chi connectivity index (χ3v) is 6.09. The molecule has 2 unspecified atom stereocenters. The van der Waals surface area contributed by atoms with E-state index in [1.54, 1.807) is 6.07 Å². The van der Waals surface area contributed by atoms with Gasteiger partial charge in [0.1, 0.15) is 5.75 Å². The number of hydrogen-bond donors (Lipinski definition) is 1. The maximum atomic E-state index is 9.62. The van der Waals surface area contributed by atoms with Crippen molar-refractivity contribution in [3.05, 3.63) is 41.0 Å². The standard InChI is InChI=1S/C27H46O/c1-21(2)10-7-11-22(3)12-8-13-23(4)14-9-15-24(5)16-17-26-18-19-27(28)25(6)20-26/h16,18-23,28H,7-15,17H2,1-6H3/b24-16+. The van der Waals surface area contributed by atoms with Gasteiger partial charge < -0.3 is 5.11 Å². The van der Waals surface area contributed by atoms with E-state index in [-0.39, 0.29) is 0 Å². The van der Waals surface area contributed by atoms with Crippen LogP contribution in [0.25, 0.3) is 0 Å². The van der Waals surface area contributed by atoms with Crippen molar-refractivity contribution in [2.75, 3.05) is 0 Å². The molecule has 0 heterocycles. The normalized spacial score (nSPS) is 14.5. The van der Waals surface area contributed by atoms with Gasteiger partial charge in [-0.2, -0.15) is 0 Å². The number of allylic oxidation sites excluding steroid dienone is 2. The maximum absolute atomic E-state index is 9.62. The van der Waals surface area contributed by atoms with Gasteiger partial charge in [0.25, 0.3) is 0 Å². The van der Waals surface area contributed by atoms with Crippen LogP contribution in [-0.4, -0.2) is 5.11 Å². The SMILES string of the molecule is C/C(=C\Cc1ccc(O)c(C)c1)CCCC(C)CCCC(C)CCCC(C)C. The molecule has 0 saturated carbocycles. The minimum atomic E-state index is 0.392. The second-order valence-corrected chi connectivity index (χ2v) is 9.73. The number of benzene rings is 1. The van der Waals surface area contributed by atoms with Crippen molar-refractivity contribution in [1.29, 1.82) is 0 Å². The molecule has 0 aliphatic carbocycles. The molecule has 0 fully saturated rings. The molecule has 0 bridgehead atoms. The number of phenols is 1. The lowest BCUT2D eigenvalue weighted by Crippen LogP contribution is -2.00. The van der Waals surface area contributed by atoms with Crippen LogP contribution in [0.4, 0.5) is 0 Å². The van der Waals surface area contributed by atoms with E-state index in [9.17, 15) is 5.11 Å². The second-order valence-electron chi connectivity index (χ2n) is 9.73. The Balaban J connectivity index is 2.14. The zero-order valence-electron chi connectivity index (χ0n) is 19.6. The molecular weight excluding hydrogens is 340 g/mol. The molecule has 2 atom stereocenters. The van der Waals surface area contributed by atoms with E-state index in [2.05, 4.69) is 46.8 Å². The van der Waals surface area contributed by atoms with E-state index in [4.69, 9.17) is 0 Å². The lowest BCUT2D eigenvalue weighted by molar-refractivity contribution is 0.389. The second kappa shape index (κ2) is 13.9. The quantitative estimate of drug-likeness (QED) is 0.317. The van der Waals surface area contributed by atoms with E-state index in [1.165, 1.54) is 68.9 Å². The van der Waals surface area contributed by atoms with Crippen LogP contribution < -0.4 is 0 Å². The largest absolute Gasteiger partial charge is 0.508 e. The Bertz CT molecular complexity index is 570. The Morgan fingerprint density at radius 3 is 2.04 bits per heavy atom. The van der Waals surface area contributed by atoms with Gasteiger partial charge in [-0.25, -0.2) is 0 Å². The summed E-state index contributed by atoms with van der Waals surface area (Å²) in [7, 11) is 0. The molecule has 1 rings (SSSR count). The molecule has 1 heteroatoms. The third kappa shape index (κ3) is 11.6. The fourth-order valence-electron chi connectivity index (χ4n) is 3.95. The fraction of sp³-hybridized carbons (Fsp3) is 0.704. The topological polar surface area (TPSA) is 20.2 Å². The van der Waals surface area contributed by atoms with Crippen molar-refractivity contribution in [3.63, 3.8) is 0 Å². The van der Waals surface area contributed by atoms with E-state index in [0.29, 0.717) is 5.75 Å². The summed E-state index contributed by atoms with van der Waals surface area (Å²) < 4.78 is 0. The molecule has 0 aromatic heterocycles. The van der Waals surface area contributed by atoms with Crippen LogP contribution in [0.15, 0.2) is 29.8 Å². The van der Waals surface area contributed by atoms with Crippen LogP contribution in [0, 0.1) is 24.7 Å². The Labute approximate surface area is 175 Å². The first-order valence-electron chi connectivity index (χ1n) is 11.7. The Morgan fingerprint density at radius 2 is 1.46 bits per heavy atom. The molecule has 0 amide bonds. The van der Waals surface area contributed by atoms with Gasteiger partial charge in [-0.3, -0.25) is 0 Å². The fourth-order valence-corrected chi connectivity index (χ4v) is 3.95. The molecule has 160 valence electrons. The van der Waals surface area contributed by atoms with Gasteiger partial charge in [0.2, 0.25) is 0 Å². The number of aryl methyl sites for hydroxylation is 1. The van der Waals surface area contributed by atoms with Crippen LogP contribution in [-0.2, 0) is 6.42 Å². The van der Waals surface area contributed by atoms with Crippen LogP contribution in [0.5, 0.6) is 5.75 Å². The zero-order valence-corrected chi connectivity index (χ0v) is 19.6.